The number of nitro groups is 1. The molecule has 7 nitrogen and oxygen atoms in total. The Morgan fingerprint density at radius 2 is 1.97 bits per heavy atom. The molecule has 1 saturated heterocycles. The van der Waals surface area contributed by atoms with Crippen LogP contribution in [-0.2, 0) is 0 Å². The average molecular weight is 455 g/mol. The molecule has 1 heterocycles. The van der Waals surface area contributed by atoms with E-state index in [1.807, 2.05) is 4.90 Å². The summed E-state index contributed by atoms with van der Waals surface area (Å²) in [6, 6.07) is 4.77. The second-order valence-corrected chi connectivity index (χ2v) is 10.6. The summed E-state index contributed by atoms with van der Waals surface area (Å²) in [5, 5.41) is 11.2. The van der Waals surface area contributed by atoms with Gasteiger partial charge in [-0.05, 0) is 49.6 Å². The van der Waals surface area contributed by atoms with Gasteiger partial charge in [0.15, 0.2) is 0 Å². The third kappa shape index (κ3) is 4.85. The van der Waals surface area contributed by atoms with Gasteiger partial charge < -0.3 is 4.90 Å². The predicted octanol–water partition coefficient (Wildman–Crippen LogP) is 3.98. The SMILES string of the molecule is CCN(CCN1CCN(C(=O)c2ccc(C)c([N+](=O)[O-])c2)CC1)CC1=CCC2CC1C2(C)C. The minimum atomic E-state index is -0.419. The predicted molar refractivity (Wildman–Crippen MR) is 130 cm³/mol. The number of amides is 1. The van der Waals surface area contributed by atoms with Crippen molar-refractivity contribution >= 4 is 11.6 Å². The zero-order valence-corrected chi connectivity index (χ0v) is 20.5. The van der Waals surface area contributed by atoms with Crippen LogP contribution in [0.15, 0.2) is 29.8 Å². The van der Waals surface area contributed by atoms with Crippen molar-refractivity contribution in [2.24, 2.45) is 17.3 Å². The van der Waals surface area contributed by atoms with E-state index in [0.717, 1.165) is 51.1 Å². The number of fused-ring (bicyclic) bond motifs is 1. The second-order valence-electron chi connectivity index (χ2n) is 10.6. The van der Waals surface area contributed by atoms with Crippen LogP contribution < -0.4 is 0 Å². The normalized spacial score (nSPS) is 24.4. The molecule has 1 aromatic rings. The van der Waals surface area contributed by atoms with Gasteiger partial charge in [0.05, 0.1) is 4.92 Å². The summed E-state index contributed by atoms with van der Waals surface area (Å²) in [7, 11) is 0. The Labute approximate surface area is 197 Å². The van der Waals surface area contributed by atoms with Crippen LogP contribution in [0.2, 0.25) is 0 Å². The van der Waals surface area contributed by atoms with Crippen molar-refractivity contribution in [3.63, 3.8) is 0 Å². The molecule has 180 valence electrons. The number of nitrogens with zero attached hydrogens (tertiary/aromatic N) is 4. The Bertz CT molecular complexity index is 933. The Kier molecular flexibility index (Phi) is 6.91. The summed E-state index contributed by atoms with van der Waals surface area (Å²) in [6.07, 6.45) is 5.12. The maximum atomic E-state index is 12.9. The molecular weight excluding hydrogens is 416 g/mol. The van der Waals surface area contributed by atoms with Crippen molar-refractivity contribution in [3.8, 4) is 0 Å². The monoisotopic (exact) mass is 454 g/mol. The number of nitro benzene ring substituents is 1. The highest BCUT2D eigenvalue weighted by molar-refractivity contribution is 5.95. The topological polar surface area (TPSA) is 69.9 Å². The van der Waals surface area contributed by atoms with Gasteiger partial charge in [-0.15, -0.1) is 0 Å². The summed E-state index contributed by atoms with van der Waals surface area (Å²) in [5.41, 5.74) is 3.11. The quantitative estimate of drug-likeness (QED) is 0.338. The zero-order valence-electron chi connectivity index (χ0n) is 20.5. The molecule has 1 saturated carbocycles. The molecule has 2 fully saturated rings. The van der Waals surface area contributed by atoms with Crippen LogP contribution in [0, 0.1) is 34.3 Å². The van der Waals surface area contributed by atoms with Crippen LogP contribution in [0.1, 0.15) is 49.5 Å². The van der Waals surface area contributed by atoms with Crippen LogP contribution in [0.25, 0.3) is 0 Å². The van der Waals surface area contributed by atoms with Crippen molar-refractivity contribution < 1.29 is 9.72 Å². The van der Waals surface area contributed by atoms with Crippen molar-refractivity contribution in [2.45, 2.75) is 40.5 Å². The van der Waals surface area contributed by atoms with E-state index >= 15 is 0 Å². The largest absolute Gasteiger partial charge is 0.336 e. The molecule has 2 bridgehead atoms. The zero-order chi connectivity index (χ0) is 23.8. The molecule has 3 aliphatic carbocycles. The van der Waals surface area contributed by atoms with Crippen LogP contribution in [0.3, 0.4) is 0 Å². The number of likely N-dealkylation sites (N-methyl/N-ethyl adjacent to an activating group) is 1. The first kappa shape index (κ1) is 23.9. The Morgan fingerprint density at radius 1 is 1.24 bits per heavy atom. The number of piperazine rings is 1. The lowest BCUT2D eigenvalue weighted by Crippen LogP contribution is -2.51. The van der Waals surface area contributed by atoms with Gasteiger partial charge in [0.2, 0.25) is 0 Å². The van der Waals surface area contributed by atoms with Gasteiger partial charge in [-0.2, -0.15) is 0 Å². The molecule has 4 aliphatic rings. The summed E-state index contributed by atoms with van der Waals surface area (Å²) in [5.74, 6) is 1.53. The molecule has 0 radical (unpaired) electrons. The first-order valence-corrected chi connectivity index (χ1v) is 12.4. The molecule has 5 rings (SSSR count). The number of carbonyl (C=O) groups excluding carboxylic acids is 1. The van der Waals surface area contributed by atoms with Crippen LogP contribution in [0.5, 0.6) is 0 Å². The number of carbonyl (C=O) groups is 1. The minimum absolute atomic E-state index is 0.00744. The lowest BCUT2D eigenvalue weighted by Gasteiger charge is -2.57. The van der Waals surface area contributed by atoms with Crippen LogP contribution >= 0.6 is 0 Å². The molecule has 2 atom stereocenters. The van der Waals surface area contributed by atoms with Gasteiger partial charge >= 0.3 is 0 Å². The molecule has 1 aromatic carbocycles. The standard InChI is InChI=1S/C26H38N4O3/c1-5-27(18-21-8-9-22-17-23(21)26(22,3)4)10-11-28-12-14-29(15-13-28)25(31)20-7-6-19(2)24(16-20)30(32)33/h6-8,16,22-23H,5,9-15,17-18H2,1-4H3. The molecule has 1 aliphatic heterocycles. The molecule has 7 heteroatoms. The average Bonchev–Trinajstić information content (AvgIpc) is 2.81. The van der Waals surface area contributed by atoms with Gasteiger partial charge in [-0.25, -0.2) is 0 Å². The van der Waals surface area contributed by atoms with Gasteiger partial charge in [0, 0.05) is 63.0 Å². The molecule has 0 aromatic heterocycles. The molecule has 33 heavy (non-hydrogen) atoms. The van der Waals surface area contributed by atoms with E-state index in [1.54, 1.807) is 24.6 Å². The van der Waals surface area contributed by atoms with Crippen molar-refractivity contribution in [2.75, 3.05) is 52.4 Å². The van der Waals surface area contributed by atoms with Crippen LogP contribution in [0.4, 0.5) is 5.69 Å². The first-order valence-electron chi connectivity index (χ1n) is 12.4. The molecule has 0 spiro atoms. The highest BCUT2D eigenvalue weighted by atomic mass is 16.6. The Morgan fingerprint density at radius 3 is 2.58 bits per heavy atom. The maximum absolute atomic E-state index is 12.9. The van der Waals surface area contributed by atoms with Gasteiger partial charge in [0.1, 0.15) is 0 Å². The maximum Gasteiger partial charge on any atom is 0.273 e. The molecule has 2 unspecified atom stereocenters. The van der Waals surface area contributed by atoms with E-state index < -0.39 is 4.92 Å². The third-order valence-electron chi connectivity index (χ3n) is 8.48. The number of aryl methyl sites for hydroxylation is 1. The summed E-state index contributed by atoms with van der Waals surface area (Å²) in [6.45, 7) is 16.0. The second kappa shape index (κ2) is 9.55. The number of allylic oxidation sites excluding steroid dienone is 1. The van der Waals surface area contributed by atoms with E-state index in [2.05, 4.69) is 36.6 Å². The van der Waals surface area contributed by atoms with E-state index in [1.165, 1.54) is 18.9 Å². The first-order chi connectivity index (χ1) is 15.7. The van der Waals surface area contributed by atoms with Crippen molar-refractivity contribution in [1.82, 2.24) is 14.7 Å². The minimum Gasteiger partial charge on any atom is -0.336 e. The molecule has 1 amide bonds. The van der Waals surface area contributed by atoms with E-state index in [-0.39, 0.29) is 11.6 Å². The summed E-state index contributed by atoms with van der Waals surface area (Å²) < 4.78 is 0. The fraction of sp³-hybridized carbons (Fsp3) is 0.654. The van der Waals surface area contributed by atoms with Crippen LogP contribution in [-0.4, -0.2) is 77.9 Å². The van der Waals surface area contributed by atoms with E-state index in [4.69, 9.17) is 0 Å². The van der Waals surface area contributed by atoms with Gasteiger partial charge in [-0.1, -0.05) is 38.5 Å². The van der Waals surface area contributed by atoms with Crippen molar-refractivity contribution in [1.29, 1.82) is 0 Å². The number of rotatable bonds is 8. The lowest BCUT2D eigenvalue weighted by atomic mass is 9.49. The highest BCUT2D eigenvalue weighted by Gasteiger charge is 2.51. The van der Waals surface area contributed by atoms with E-state index in [9.17, 15) is 14.9 Å². The van der Waals surface area contributed by atoms with E-state index in [0.29, 0.717) is 29.6 Å². The number of hydrogen-bond acceptors (Lipinski definition) is 5. The number of hydrogen-bond donors (Lipinski definition) is 0. The van der Waals surface area contributed by atoms with Gasteiger partial charge in [0.25, 0.3) is 11.6 Å². The Hall–Kier alpha value is -2.25. The third-order valence-corrected chi connectivity index (χ3v) is 8.48. The summed E-state index contributed by atoms with van der Waals surface area (Å²) >= 11 is 0. The lowest BCUT2D eigenvalue weighted by molar-refractivity contribution is -0.385. The highest BCUT2D eigenvalue weighted by Crippen LogP contribution is 2.59. The fourth-order valence-corrected chi connectivity index (χ4v) is 5.84. The molecule has 0 N–H and O–H groups in total. The van der Waals surface area contributed by atoms with Crippen molar-refractivity contribution in [3.05, 3.63) is 51.1 Å². The summed E-state index contributed by atoms with van der Waals surface area (Å²) in [4.78, 5) is 30.5. The Balaban J connectivity index is 1.25. The number of benzene rings is 1. The fourth-order valence-electron chi connectivity index (χ4n) is 5.84. The smallest absolute Gasteiger partial charge is 0.273 e. The molecular formula is C26H38N4O3. The van der Waals surface area contributed by atoms with Gasteiger partial charge in [-0.3, -0.25) is 24.7 Å².